The minimum Gasteiger partial charge on any atom is -0.316 e. The van der Waals surface area contributed by atoms with Crippen molar-refractivity contribution in [2.24, 2.45) is 5.92 Å². The Hall–Kier alpha value is -2.59. The molecule has 0 radical (unpaired) electrons. The SMILES string of the molecule is CC(C(=O)C1CCCNC1)c1nc(-c2ccccc2)nc2ccccc12. The lowest BCUT2D eigenvalue weighted by Crippen LogP contribution is -2.36. The van der Waals surface area contributed by atoms with Crippen LogP contribution in [0.2, 0.25) is 0 Å². The zero-order valence-corrected chi connectivity index (χ0v) is 15.0. The van der Waals surface area contributed by atoms with Crippen molar-refractivity contribution >= 4 is 16.7 Å². The Labute approximate surface area is 153 Å². The van der Waals surface area contributed by atoms with Crippen LogP contribution in [0.5, 0.6) is 0 Å². The van der Waals surface area contributed by atoms with Gasteiger partial charge in [0.05, 0.1) is 17.1 Å². The zero-order chi connectivity index (χ0) is 17.9. The van der Waals surface area contributed by atoms with Crippen LogP contribution in [0.4, 0.5) is 0 Å². The third-order valence-electron chi connectivity index (χ3n) is 5.20. The van der Waals surface area contributed by atoms with E-state index >= 15 is 0 Å². The molecule has 0 aliphatic carbocycles. The summed E-state index contributed by atoms with van der Waals surface area (Å²) in [6, 6.07) is 17.9. The van der Waals surface area contributed by atoms with E-state index in [1.807, 2.05) is 61.5 Å². The monoisotopic (exact) mass is 345 g/mol. The number of rotatable bonds is 4. The van der Waals surface area contributed by atoms with E-state index in [2.05, 4.69) is 5.32 Å². The summed E-state index contributed by atoms with van der Waals surface area (Å²) in [5.41, 5.74) is 2.70. The van der Waals surface area contributed by atoms with E-state index in [0.717, 1.165) is 48.1 Å². The van der Waals surface area contributed by atoms with Crippen molar-refractivity contribution in [3.63, 3.8) is 0 Å². The molecule has 1 aromatic heterocycles. The van der Waals surface area contributed by atoms with Crippen molar-refractivity contribution in [3.8, 4) is 11.4 Å². The maximum atomic E-state index is 13.1. The third-order valence-corrected chi connectivity index (χ3v) is 5.20. The van der Waals surface area contributed by atoms with E-state index in [0.29, 0.717) is 5.82 Å². The molecule has 0 amide bonds. The first-order valence-electron chi connectivity index (χ1n) is 9.30. The predicted octanol–water partition coefficient (Wildman–Crippen LogP) is 3.97. The number of hydrogen-bond donors (Lipinski definition) is 1. The molecule has 0 spiro atoms. The molecular formula is C22H23N3O. The molecule has 132 valence electrons. The first kappa shape index (κ1) is 16.9. The number of para-hydroxylation sites is 1. The van der Waals surface area contributed by atoms with E-state index in [-0.39, 0.29) is 17.6 Å². The van der Waals surface area contributed by atoms with Crippen molar-refractivity contribution in [2.45, 2.75) is 25.7 Å². The molecule has 1 fully saturated rings. The van der Waals surface area contributed by atoms with Crippen LogP contribution in [-0.2, 0) is 4.79 Å². The summed E-state index contributed by atoms with van der Waals surface area (Å²) < 4.78 is 0. The molecule has 3 aromatic rings. The molecule has 1 aliphatic heterocycles. The Kier molecular flexibility index (Phi) is 4.76. The fourth-order valence-electron chi connectivity index (χ4n) is 3.73. The van der Waals surface area contributed by atoms with Gasteiger partial charge in [0.25, 0.3) is 0 Å². The second-order valence-corrected chi connectivity index (χ2v) is 6.98. The van der Waals surface area contributed by atoms with Crippen LogP contribution in [0.1, 0.15) is 31.4 Å². The molecule has 0 saturated carbocycles. The standard InChI is InChI=1S/C22H23N3O/c1-15(21(26)17-10-7-13-23-14-17)20-18-11-5-6-12-19(18)24-22(25-20)16-8-3-2-4-9-16/h2-6,8-9,11-12,15,17,23H,7,10,13-14H2,1H3. The number of ketones is 1. The van der Waals surface area contributed by atoms with Gasteiger partial charge in [0.15, 0.2) is 5.82 Å². The molecule has 1 N–H and O–H groups in total. The highest BCUT2D eigenvalue weighted by atomic mass is 16.1. The molecule has 1 saturated heterocycles. The molecule has 4 rings (SSSR count). The van der Waals surface area contributed by atoms with Crippen LogP contribution < -0.4 is 5.32 Å². The van der Waals surface area contributed by atoms with Gasteiger partial charge in [-0.05, 0) is 32.4 Å². The number of carbonyl (C=O) groups excluding carboxylic acids is 1. The highest BCUT2D eigenvalue weighted by molar-refractivity contribution is 5.93. The molecule has 4 nitrogen and oxygen atoms in total. The van der Waals surface area contributed by atoms with Gasteiger partial charge < -0.3 is 5.32 Å². The molecule has 2 aromatic carbocycles. The summed E-state index contributed by atoms with van der Waals surface area (Å²) in [5, 5.41) is 4.31. The lowest BCUT2D eigenvalue weighted by molar-refractivity contribution is -0.124. The number of carbonyl (C=O) groups is 1. The molecule has 4 heteroatoms. The normalized spacial score (nSPS) is 18.6. The van der Waals surface area contributed by atoms with Crippen LogP contribution in [-0.4, -0.2) is 28.8 Å². The van der Waals surface area contributed by atoms with Crippen LogP contribution in [0.25, 0.3) is 22.3 Å². The number of benzene rings is 2. The fraction of sp³-hybridized carbons (Fsp3) is 0.318. The van der Waals surface area contributed by atoms with Gasteiger partial charge >= 0.3 is 0 Å². The van der Waals surface area contributed by atoms with Crippen molar-refractivity contribution < 1.29 is 4.79 Å². The highest BCUT2D eigenvalue weighted by Gasteiger charge is 2.28. The van der Waals surface area contributed by atoms with Gasteiger partial charge in [0.2, 0.25) is 0 Å². The molecule has 2 atom stereocenters. The summed E-state index contributed by atoms with van der Waals surface area (Å²) in [7, 11) is 0. The van der Waals surface area contributed by atoms with Gasteiger partial charge in [0.1, 0.15) is 5.78 Å². The van der Waals surface area contributed by atoms with Crippen molar-refractivity contribution in [1.29, 1.82) is 0 Å². The first-order valence-corrected chi connectivity index (χ1v) is 9.30. The summed E-state index contributed by atoms with van der Waals surface area (Å²) >= 11 is 0. The van der Waals surface area contributed by atoms with Crippen molar-refractivity contribution in [3.05, 3.63) is 60.3 Å². The Morgan fingerprint density at radius 2 is 1.85 bits per heavy atom. The van der Waals surface area contributed by atoms with Crippen LogP contribution in [0.15, 0.2) is 54.6 Å². The Morgan fingerprint density at radius 1 is 1.08 bits per heavy atom. The minimum absolute atomic E-state index is 0.0765. The maximum Gasteiger partial charge on any atom is 0.160 e. The number of fused-ring (bicyclic) bond motifs is 1. The van der Waals surface area contributed by atoms with Gasteiger partial charge in [-0.15, -0.1) is 0 Å². The average Bonchev–Trinajstić information content (AvgIpc) is 2.73. The fourth-order valence-corrected chi connectivity index (χ4v) is 3.73. The summed E-state index contributed by atoms with van der Waals surface area (Å²) in [6.45, 7) is 3.77. The minimum atomic E-state index is -0.240. The number of nitrogens with zero attached hydrogens (tertiary/aromatic N) is 2. The predicted molar refractivity (Wildman–Crippen MR) is 104 cm³/mol. The quantitative estimate of drug-likeness (QED) is 0.777. The van der Waals surface area contributed by atoms with Gasteiger partial charge in [0, 0.05) is 23.4 Å². The maximum absolute atomic E-state index is 13.1. The van der Waals surface area contributed by atoms with E-state index in [1.165, 1.54) is 0 Å². The van der Waals surface area contributed by atoms with Gasteiger partial charge in [-0.25, -0.2) is 9.97 Å². The smallest absolute Gasteiger partial charge is 0.160 e. The summed E-state index contributed by atoms with van der Waals surface area (Å²) in [6.07, 6.45) is 2.02. The van der Waals surface area contributed by atoms with Gasteiger partial charge in [-0.1, -0.05) is 48.5 Å². The van der Waals surface area contributed by atoms with Gasteiger partial charge in [-0.3, -0.25) is 4.79 Å². The molecular weight excluding hydrogens is 322 g/mol. The zero-order valence-electron chi connectivity index (χ0n) is 15.0. The lowest BCUT2D eigenvalue weighted by Gasteiger charge is -2.24. The largest absolute Gasteiger partial charge is 0.316 e. The molecule has 26 heavy (non-hydrogen) atoms. The Balaban J connectivity index is 1.78. The average molecular weight is 345 g/mol. The van der Waals surface area contributed by atoms with E-state index in [9.17, 15) is 4.79 Å². The van der Waals surface area contributed by atoms with Crippen LogP contribution in [0.3, 0.4) is 0 Å². The Morgan fingerprint density at radius 3 is 2.62 bits per heavy atom. The van der Waals surface area contributed by atoms with Crippen molar-refractivity contribution in [1.82, 2.24) is 15.3 Å². The molecule has 2 heterocycles. The number of hydrogen-bond acceptors (Lipinski definition) is 4. The number of Topliss-reactive ketones (excluding diaryl/α,β-unsaturated/α-hetero) is 1. The summed E-state index contributed by atoms with van der Waals surface area (Å²) in [5.74, 6) is 0.795. The van der Waals surface area contributed by atoms with Crippen molar-refractivity contribution in [2.75, 3.05) is 13.1 Å². The van der Waals surface area contributed by atoms with E-state index < -0.39 is 0 Å². The number of piperidine rings is 1. The van der Waals surface area contributed by atoms with Gasteiger partial charge in [-0.2, -0.15) is 0 Å². The summed E-state index contributed by atoms with van der Waals surface area (Å²) in [4.78, 5) is 22.6. The Bertz CT molecular complexity index is 917. The lowest BCUT2D eigenvalue weighted by atomic mass is 9.86. The first-order chi connectivity index (χ1) is 12.7. The number of aromatic nitrogens is 2. The van der Waals surface area contributed by atoms with E-state index in [4.69, 9.17) is 9.97 Å². The topological polar surface area (TPSA) is 54.9 Å². The number of nitrogens with one attached hydrogen (secondary N) is 1. The highest BCUT2D eigenvalue weighted by Crippen LogP contribution is 2.29. The van der Waals surface area contributed by atoms with Crippen LogP contribution in [0, 0.1) is 5.92 Å². The molecule has 1 aliphatic rings. The van der Waals surface area contributed by atoms with Crippen LogP contribution >= 0.6 is 0 Å². The molecule has 0 bridgehead atoms. The third kappa shape index (κ3) is 3.25. The molecule has 2 unspecified atom stereocenters. The second-order valence-electron chi connectivity index (χ2n) is 6.98. The second kappa shape index (κ2) is 7.34. The van der Waals surface area contributed by atoms with E-state index in [1.54, 1.807) is 0 Å².